The van der Waals surface area contributed by atoms with E-state index in [2.05, 4.69) is 41.1 Å². The van der Waals surface area contributed by atoms with Crippen LogP contribution in [-0.2, 0) is 4.74 Å². The summed E-state index contributed by atoms with van der Waals surface area (Å²) in [5.74, 6) is 0. The van der Waals surface area contributed by atoms with E-state index in [1.54, 1.807) is 0 Å². The molecule has 0 bridgehead atoms. The molecular formula is C15H22N2O. The standard InChI is InChI=1S/C15H22N2O/c1-14(15-6-3-2-4-7-15)16-8-5-9-17-10-12-18-13-11-17/h2-4,6-7H,5,8-13H2,1H3. The maximum atomic E-state index is 5.33. The Hall–Kier alpha value is -1.19. The minimum absolute atomic E-state index is 0.881. The van der Waals surface area contributed by atoms with Gasteiger partial charge < -0.3 is 4.74 Å². The van der Waals surface area contributed by atoms with Gasteiger partial charge in [0.15, 0.2) is 0 Å². The molecule has 0 spiro atoms. The molecule has 1 aromatic carbocycles. The van der Waals surface area contributed by atoms with Gasteiger partial charge >= 0.3 is 0 Å². The average Bonchev–Trinajstić information content (AvgIpc) is 2.45. The van der Waals surface area contributed by atoms with Gasteiger partial charge in [0.05, 0.1) is 13.2 Å². The molecule has 0 saturated carbocycles. The first-order valence-corrected chi connectivity index (χ1v) is 6.73. The molecule has 1 heterocycles. The Balaban J connectivity index is 1.70. The molecule has 0 radical (unpaired) electrons. The number of hydrogen-bond donors (Lipinski definition) is 0. The van der Waals surface area contributed by atoms with Gasteiger partial charge in [-0.1, -0.05) is 30.3 Å². The van der Waals surface area contributed by atoms with Crippen LogP contribution in [0.3, 0.4) is 0 Å². The molecule has 1 saturated heterocycles. The van der Waals surface area contributed by atoms with E-state index >= 15 is 0 Å². The van der Waals surface area contributed by atoms with Crippen molar-refractivity contribution in [3.05, 3.63) is 35.9 Å². The fourth-order valence-electron chi connectivity index (χ4n) is 2.14. The van der Waals surface area contributed by atoms with Gasteiger partial charge in [-0.3, -0.25) is 9.89 Å². The normalized spacial score (nSPS) is 17.9. The second-order valence-corrected chi connectivity index (χ2v) is 4.64. The molecule has 1 fully saturated rings. The van der Waals surface area contributed by atoms with E-state index in [9.17, 15) is 0 Å². The van der Waals surface area contributed by atoms with Crippen molar-refractivity contribution in [3.63, 3.8) is 0 Å². The number of benzene rings is 1. The fourth-order valence-corrected chi connectivity index (χ4v) is 2.14. The Morgan fingerprint density at radius 3 is 2.67 bits per heavy atom. The molecule has 3 heteroatoms. The van der Waals surface area contributed by atoms with Crippen LogP contribution in [0.25, 0.3) is 0 Å². The van der Waals surface area contributed by atoms with E-state index in [1.807, 2.05) is 6.07 Å². The van der Waals surface area contributed by atoms with E-state index in [4.69, 9.17) is 4.74 Å². The number of ether oxygens (including phenoxy) is 1. The third-order valence-electron chi connectivity index (χ3n) is 3.28. The predicted octanol–water partition coefficient (Wildman–Crippen LogP) is 2.22. The predicted molar refractivity (Wildman–Crippen MR) is 75.4 cm³/mol. The van der Waals surface area contributed by atoms with E-state index in [0.29, 0.717) is 0 Å². The number of morpholine rings is 1. The number of aliphatic imine (C=N–C) groups is 1. The van der Waals surface area contributed by atoms with Gasteiger partial charge in [-0.15, -0.1) is 0 Å². The molecule has 0 atom stereocenters. The Morgan fingerprint density at radius 1 is 1.22 bits per heavy atom. The van der Waals surface area contributed by atoms with Crippen molar-refractivity contribution in [2.75, 3.05) is 39.4 Å². The summed E-state index contributed by atoms with van der Waals surface area (Å²) >= 11 is 0. The molecule has 98 valence electrons. The lowest BCUT2D eigenvalue weighted by Crippen LogP contribution is -2.37. The topological polar surface area (TPSA) is 24.8 Å². The zero-order valence-corrected chi connectivity index (χ0v) is 11.1. The van der Waals surface area contributed by atoms with Crippen LogP contribution in [0.4, 0.5) is 0 Å². The summed E-state index contributed by atoms with van der Waals surface area (Å²) in [6.07, 6.45) is 1.13. The monoisotopic (exact) mass is 246 g/mol. The van der Waals surface area contributed by atoms with Gasteiger partial charge in [-0.25, -0.2) is 0 Å². The number of hydrogen-bond acceptors (Lipinski definition) is 3. The summed E-state index contributed by atoms with van der Waals surface area (Å²) in [7, 11) is 0. The summed E-state index contributed by atoms with van der Waals surface area (Å²) in [5, 5.41) is 0. The quantitative estimate of drug-likeness (QED) is 0.588. The van der Waals surface area contributed by atoms with Crippen molar-refractivity contribution in [2.45, 2.75) is 13.3 Å². The molecule has 1 aliphatic heterocycles. The molecular weight excluding hydrogens is 224 g/mol. The van der Waals surface area contributed by atoms with E-state index < -0.39 is 0 Å². The lowest BCUT2D eigenvalue weighted by atomic mass is 10.1. The lowest BCUT2D eigenvalue weighted by Gasteiger charge is -2.26. The zero-order chi connectivity index (χ0) is 12.6. The van der Waals surface area contributed by atoms with Crippen molar-refractivity contribution in [1.29, 1.82) is 0 Å². The second kappa shape index (κ2) is 7.29. The van der Waals surface area contributed by atoms with E-state index in [0.717, 1.165) is 51.5 Å². The van der Waals surface area contributed by atoms with Gasteiger partial charge in [-0.05, 0) is 18.9 Å². The van der Waals surface area contributed by atoms with Crippen LogP contribution in [0.15, 0.2) is 35.3 Å². The summed E-state index contributed by atoms with van der Waals surface area (Å²) in [6, 6.07) is 10.4. The smallest absolute Gasteiger partial charge is 0.0594 e. The van der Waals surface area contributed by atoms with Crippen LogP contribution in [0, 0.1) is 0 Å². The van der Waals surface area contributed by atoms with Crippen molar-refractivity contribution in [2.24, 2.45) is 4.99 Å². The maximum Gasteiger partial charge on any atom is 0.0594 e. The van der Waals surface area contributed by atoms with Gasteiger partial charge in [0.1, 0.15) is 0 Å². The Kier molecular flexibility index (Phi) is 5.36. The Morgan fingerprint density at radius 2 is 1.94 bits per heavy atom. The first-order valence-electron chi connectivity index (χ1n) is 6.73. The SMILES string of the molecule is CC(=NCCCN1CCOCC1)c1ccccc1. The van der Waals surface area contributed by atoms with Crippen LogP contribution >= 0.6 is 0 Å². The molecule has 18 heavy (non-hydrogen) atoms. The van der Waals surface area contributed by atoms with Crippen LogP contribution in [-0.4, -0.2) is 50.0 Å². The molecule has 2 rings (SSSR count). The average molecular weight is 246 g/mol. The van der Waals surface area contributed by atoms with Crippen LogP contribution in [0.5, 0.6) is 0 Å². The highest BCUT2D eigenvalue weighted by atomic mass is 16.5. The van der Waals surface area contributed by atoms with Crippen LogP contribution in [0.2, 0.25) is 0 Å². The van der Waals surface area contributed by atoms with E-state index in [-0.39, 0.29) is 0 Å². The molecule has 0 aliphatic carbocycles. The van der Waals surface area contributed by atoms with Gasteiger partial charge in [-0.2, -0.15) is 0 Å². The highest BCUT2D eigenvalue weighted by Crippen LogP contribution is 2.02. The summed E-state index contributed by atoms with van der Waals surface area (Å²) in [6.45, 7) is 8.04. The molecule has 0 unspecified atom stereocenters. The van der Waals surface area contributed by atoms with Crippen molar-refractivity contribution >= 4 is 5.71 Å². The first kappa shape index (κ1) is 13.2. The molecule has 1 aliphatic rings. The highest BCUT2D eigenvalue weighted by Gasteiger charge is 2.08. The number of rotatable bonds is 5. The highest BCUT2D eigenvalue weighted by molar-refractivity contribution is 5.98. The molecule has 0 amide bonds. The summed E-state index contributed by atoms with van der Waals surface area (Å²) in [5.41, 5.74) is 2.36. The zero-order valence-electron chi connectivity index (χ0n) is 11.1. The summed E-state index contributed by atoms with van der Waals surface area (Å²) < 4.78 is 5.33. The fraction of sp³-hybridized carbons (Fsp3) is 0.533. The van der Waals surface area contributed by atoms with Gasteiger partial charge in [0, 0.05) is 31.9 Å². The van der Waals surface area contributed by atoms with Crippen molar-refractivity contribution < 1.29 is 4.74 Å². The maximum absolute atomic E-state index is 5.33. The molecule has 0 N–H and O–H groups in total. The minimum atomic E-state index is 0.881. The molecule has 1 aromatic rings. The van der Waals surface area contributed by atoms with Gasteiger partial charge in [0.2, 0.25) is 0 Å². The number of nitrogens with zero attached hydrogens (tertiary/aromatic N) is 2. The summed E-state index contributed by atoms with van der Waals surface area (Å²) in [4.78, 5) is 7.09. The van der Waals surface area contributed by atoms with Crippen LogP contribution < -0.4 is 0 Å². The molecule has 0 aromatic heterocycles. The Labute approximate surface area is 109 Å². The van der Waals surface area contributed by atoms with Crippen LogP contribution in [0.1, 0.15) is 18.9 Å². The van der Waals surface area contributed by atoms with Gasteiger partial charge in [0.25, 0.3) is 0 Å². The van der Waals surface area contributed by atoms with Crippen molar-refractivity contribution in [1.82, 2.24) is 4.90 Å². The first-order chi connectivity index (χ1) is 8.86. The second-order valence-electron chi connectivity index (χ2n) is 4.64. The largest absolute Gasteiger partial charge is 0.379 e. The minimum Gasteiger partial charge on any atom is -0.379 e. The lowest BCUT2D eigenvalue weighted by molar-refractivity contribution is 0.0377. The van der Waals surface area contributed by atoms with E-state index in [1.165, 1.54) is 5.56 Å². The molecule has 3 nitrogen and oxygen atoms in total. The Bertz CT molecular complexity index is 369. The third kappa shape index (κ3) is 4.24. The third-order valence-corrected chi connectivity index (χ3v) is 3.28. The van der Waals surface area contributed by atoms with Crippen molar-refractivity contribution in [3.8, 4) is 0 Å².